The number of alkyl halides is 1. The van der Waals surface area contributed by atoms with Gasteiger partial charge in [-0.3, -0.25) is 14.9 Å². The first kappa shape index (κ1) is 11.1. The lowest BCUT2D eigenvalue weighted by atomic mass is 9.91. The Morgan fingerprint density at radius 2 is 1.94 bits per heavy atom. The molecule has 0 aliphatic carbocycles. The zero-order valence-corrected chi connectivity index (χ0v) is 9.62. The van der Waals surface area contributed by atoms with Gasteiger partial charge in [0.1, 0.15) is 5.38 Å². The van der Waals surface area contributed by atoms with E-state index in [9.17, 15) is 9.59 Å². The summed E-state index contributed by atoms with van der Waals surface area (Å²) in [6.07, 6.45) is 0.817. The van der Waals surface area contributed by atoms with Gasteiger partial charge in [-0.15, -0.1) is 11.6 Å². The van der Waals surface area contributed by atoms with Gasteiger partial charge in [0.2, 0.25) is 11.8 Å². The number of aryl methyl sites for hydroxylation is 1. The molecule has 0 aromatic heterocycles. The highest BCUT2D eigenvalue weighted by atomic mass is 35.5. The fourth-order valence-corrected chi connectivity index (χ4v) is 2.32. The highest BCUT2D eigenvalue weighted by molar-refractivity contribution is 6.37. The van der Waals surface area contributed by atoms with Crippen LogP contribution in [0, 0.1) is 0 Å². The van der Waals surface area contributed by atoms with Gasteiger partial charge in [0.05, 0.1) is 5.92 Å². The fourth-order valence-electron chi connectivity index (χ4n) is 2.01. The number of hydrogen-bond donors (Lipinski definition) is 1. The van der Waals surface area contributed by atoms with Crippen LogP contribution in [0.3, 0.4) is 0 Å². The lowest BCUT2D eigenvalue weighted by molar-refractivity contribution is -0.125. The van der Waals surface area contributed by atoms with Crippen LogP contribution in [-0.2, 0) is 16.0 Å². The molecule has 2 amide bonds. The van der Waals surface area contributed by atoms with Gasteiger partial charge < -0.3 is 0 Å². The van der Waals surface area contributed by atoms with Crippen LogP contribution in [0.15, 0.2) is 24.3 Å². The predicted molar refractivity (Wildman–Crippen MR) is 61.4 cm³/mol. The Balaban J connectivity index is 2.44. The van der Waals surface area contributed by atoms with Gasteiger partial charge in [-0.1, -0.05) is 31.2 Å². The van der Waals surface area contributed by atoms with Crippen LogP contribution in [-0.4, -0.2) is 17.2 Å². The molecule has 3 nitrogen and oxygen atoms in total. The fraction of sp³-hybridized carbons (Fsp3) is 0.333. The van der Waals surface area contributed by atoms with Crippen LogP contribution in [0.1, 0.15) is 24.0 Å². The lowest BCUT2D eigenvalue weighted by Gasteiger charge is -2.13. The summed E-state index contributed by atoms with van der Waals surface area (Å²) in [5.41, 5.74) is 1.91. The second kappa shape index (κ2) is 4.26. The van der Waals surface area contributed by atoms with E-state index >= 15 is 0 Å². The average molecular weight is 238 g/mol. The van der Waals surface area contributed by atoms with Crippen LogP contribution >= 0.6 is 11.6 Å². The van der Waals surface area contributed by atoms with E-state index in [0.29, 0.717) is 0 Å². The van der Waals surface area contributed by atoms with Gasteiger partial charge in [0.25, 0.3) is 0 Å². The monoisotopic (exact) mass is 237 g/mol. The summed E-state index contributed by atoms with van der Waals surface area (Å²) in [5, 5.41) is 1.47. The van der Waals surface area contributed by atoms with Crippen molar-refractivity contribution in [1.29, 1.82) is 0 Å². The molecule has 1 aromatic carbocycles. The number of amides is 2. The molecular formula is C12H12ClNO2. The van der Waals surface area contributed by atoms with E-state index in [1.165, 1.54) is 0 Å². The maximum Gasteiger partial charge on any atom is 0.245 e. The molecule has 84 valence electrons. The number of imide groups is 1. The first-order valence-corrected chi connectivity index (χ1v) is 5.65. The molecule has 1 aromatic rings. The van der Waals surface area contributed by atoms with E-state index in [1.54, 1.807) is 0 Å². The first-order valence-electron chi connectivity index (χ1n) is 5.21. The average Bonchev–Trinajstić information content (AvgIpc) is 2.53. The Hall–Kier alpha value is -1.35. The Bertz CT molecular complexity index is 444. The van der Waals surface area contributed by atoms with Gasteiger partial charge >= 0.3 is 0 Å². The smallest absolute Gasteiger partial charge is 0.245 e. The third kappa shape index (κ3) is 1.71. The number of hydrogen-bond acceptors (Lipinski definition) is 2. The molecule has 16 heavy (non-hydrogen) atoms. The first-order chi connectivity index (χ1) is 7.65. The molecule has 1 heterocycles. The standard InChI is InChI=1S/C12H12ClNO2/c1-2-7-5-3-4-6-8(7)9-10(13)12(16)14-11(9)15/h3-6,9-10H,2H2,1H3,(H,14,15,16). The molecule has 1 saturated heterocycles. The van der Waals surface area contributed by atoms with Gasteiger partial charge in [0.15, 0.2) is 0 Å². The number of carbonyl (C=O) groups is 2. The van der Waals surface area contributed by atoms with Crippen LogP contribution < -0.4 is 5.32 Å². The molecule has 1 aliphatic heterocycles. The van der Waals surface area contributed by atoms with Crippen molar-refractivity contribution >= 4 is 23.4 Å². The normalized spacial score (nSPS) is 24.6. The summed E-state index contributed by atoms with van der Waals surface area (Å²) in [4.78, 5) is 23.0. The molecule has 0 bridgehead atoms. The molecule has 0 spiro atoms. The van der Waals surface area contributed by atoms with Crippen molar-refractivity contribution in [1.82, 2.24) is 5.32 Å². The minimum Gasteiger partial charge on any atom is -0.295 e. The summed E-state index contributed by atoms with van der Waals surface area (Å²) < 4.78 is 0. The van der Waals surface area contributed by atoms with Crippen LogP contribution in [0.25, 0.3) is 0 Å². The van der Waals surface area contributed by atoms with Gasteiger partial charge in [-0.25, -0.2) is 0 Å². The molecule has 0 radical (unpaired) electrons. The van der Waals surface area contributed by atoms with E-state index < -0.39 is 17.2 Å². The molecule has 4 heteroatoms. The van der Waals surface area contributed by atoms with Crippen molar-refractivity contribution in [3.8, 4) is 0 Å². The van der Waals surface area contributed by atoms with Crippen LogP contribution in [0.4, 0.5) is 0 Å². The highest BCUT2D eigenvalue weighted by Gasteiger charge is 2.41. The van der Waals surface area contributed by atoms with Gasteiger partial charge in [-0.05, 0) is 17.5 Å². The minimum atomic E-state index is -0.791. The summed E-state index contributed by atoms with van der Waals surface area (Å²) in [7, 11) is 0. The third-order valence-corrected chi connectivity index (χ3v) is 3.29. The number of rotatable bonds is 2. The zero-order chi connectivity index (χ0) is 11.7. The Labute approximate surface area is 98.8 Å². The number of benzene rings is 1. The second-order valence-electron chi connectivity index (χ2n) is 3.79. The van der Waals surface area contributed by atoms with E-state index in [2.05, 4.69) is 5.32 Å². The summed E-state index contributed by atoms with van der Waals surface area (Å²) >= 11 is 5.95. The molecular weight excluding hydrogens is 226 g/mol. The van der Waals surface area contributed by atoms with Crippen LogP contribution in [0.2, 0.25) is 0 Å². The summed E-state index contributed by atoms with van der Waals surface area (Å²) in [6.45, 7) is 2.01. The lowest BCUT2D eigenvalue weighted by Crippen LogP contribution is -2.22. The van der Waals surface area contributed by atoms with E-state index in [1.807, 2.05) is 31.2 Å². The largest absolute Gasteiger partial charge is 0.295 e. The zero-order valence-electron chi connectivity index (χ0n) is 8.87. The summed E-state index contributed by atoms with van der Waals surface area (Å²) in [5.74, 6) is -1.25. The predicted octanol–water partition coefficient (Wildman–Crippen LogP) is 1.60. The maximum absolute atomic E-state index is 11.6. The number of halogens is 1. The third-order valence-electron chi connectivity index (χ3n) is 2.84. The van der Waals surface area contributed by atoms with Crippen molar-refractivity contribution in [3.05, 3.63) is 35.4 Å². The number of nitrogens with one attached hydrogen (secondary N) is 1. The Morgan fingerprint density at radius 3 is 2.50 bits per heavy atom. The summed E-state index contributed by atoms with van der Waals surface area (Å²) in [6, 6.07) is 7.58. The molecule has 1 aliphatic rings. The molecule has 1 fully saturated rings. The van der Waals surface area contributed by atoms with Crippen molar-refractivity contribution in [2.24, 2.45) is 0 Å². The van der Waals surface area contributed by atoms with Crippen molar-refractivity contribution in [2.45, 2.75) is 24.6 Å². The van der Waals surface area contributed by atoms with Gasteiger partial charge in [-0.2, -0.15) is 0 Å². The molecule has 2 rings (SSSR count). The molecule has 0 saturated carbocycles. The van der Waals surface area contributed by atoms with Gasteiger partial charge in [0, 0.05) is 0 Å². The molecule has 2 unspecified atom stereocenters. The Kier molecular flexibility index (Phi) is 2.97. The molecule has 1 N–H and O–H groups in total. The highest BCUT2D eigenvalue weighted by Crippen LogP contribution is 2.31. The second-order valence-corrected chi connectivity index (χ2v) is 4.26. The van der Waals surface area contributed by atoms with E-state index in [-0.39, 0.29) is 5.91 Å². The van der Waals surface area contributed by atoms with Crippen LogP contribution in [0.5, 0.6) is 0 Å². The number of carbonyl (C=O) groups excluding carboxylic acids is 2. The van der Waals surface area contributed by atoms with Crippen molar-refractivity contribution < 1.29 is 9.59 Å². The van der Waals surface area contributed by atoms with E-state index in [4.69, 9.17) is 11.6 Å². The quantitative estimate of drug-likeness (QED) is 0.627. The molecule has 2 atom stereocenters. The maximum atomic E-state index is 11.6. The van der Waals surface area contributed by atoms with Crippen molar-refractivity contribution in [2.75, 3.05) is 0 Å². The van der Waals surface area contributed by atoms with Crippen molar-refractivity contribution in [3.63, 3.8) is 0 Å². The topological polar surface area (TPSA) is 46.2 Å². The Morgan fingerprint density at radius 1 is 1.25 bits per heavy atom. The SMILES string of the molecule is CCc1ccccc1C1C(=O)NC(=O)C1Cl. The van der Waals surface area contributed by atoms with E-state index in [0.717, 1.165) is 17.5 Å². The minimum absolute atomic E-state index is 0.300.